The van der Waals surface area contributed by atoms with Crippen LogP contribution in [0.3, 0.4) is 0 Å². The van der Waals surface area contributed by atoms with Gasteiger partial charge < -0.3 is 4.42 Å². The molecule has 1 heterocycles. The third-order valence-corrected chi connectivity index (χ3v) is 3.92. The summed E-state index contributed by atoms with van der Waals surface area (Å²) in [6, 6.07) is 9.27. The maximum atomic E-state index is 12.6. The Morgan fingerprint density at radius 3 is 2.70 bits per heavy atom. The van der Waals surface area contributed by atoms with Gasteiger partial charge in [0.25, 0.3) is 0 Å². The molecule has 0 spiro atoms. The normalized spacial score (nSPS) is 17.9. The van der Waals surface area contributed by atoms with E-state index >= 15 is 0 Å². The first-order chi connectivity index (χ1) is 9.58. The molecule has 1 aromatic heterocycles. The molecule has 3 rings (SSSR count). The summed E-state index contributed by atoms with van der Waals surface area (Å²) in [6.07, 6.45) is 1.35. The Morgan fingerprint density at radius 1 is 1.25 bits per heavy atom. The van der Waals surface area contributed by atoms with Gasteiger partial charge in [-0.1, -0.05) is 24.3 Å². The molecule has 0 bridgehead atoms. The number of Topliss-reactive ketones (excluding diaryl/α,β-unsaturated/α-hetero) is 2. The van der Waals surface area contributed by atoms with Crippen LogP contribution in [0.4, 0.5) is 0 Å². The molecule has 0 saturated heterocycles. The van der Waals surface area contributed by atoms with Crippen molar-refractivity contribution in [3.8, 4) is 0 Å². The minimum absolute atomic E-state index is 0.0601. The number of carbonyl (C=O) groups is 2. The molecule has 0 N–H and O–H groups in total. The molecule has 0 radical (unpaired) electrons. The topological polar surface area (TPSA) is 47.3 Å². The van der Waals surface area contributed by atoms with Crippen LogP contribution < -0.4 is 0 Å². The summed E-state index contributed by atoms with van der Waals surface area (Å²) in [7, 11) is 0. The van der Waals surface area contributed by atoms with Crippen LogP contribution in [0.25, 0.3) is 0 Å². The SMILES string of the molecule is Cc1cc(C(=O)C2CCc3ccccc3C2=O)c(C)o1. The summed E-state index contributed by atoms with van der Waals surface area (Å²) >= 11 is 0. The van der Waals surface area contributed by atoms with E-state index in [1.54, 1.807) is 13.0 Å². The van der Waals surface area contributed by atoms with E-state index in [9.17, 15) is 9.59 Å². The van der Waals surface area contributed by atoms with E-state index in [1.165, 1.54) is 0 Å². The van der Waals surface area contributed by atoms with Crippen molar-refractivity contribution in [2.24, 2.45) is 5.92 Å². The second-order valence-corrected chi connectivity index (χ2v) is 5.30. The lowest BCUT2D eigenvalue weighted by Gasteiger charge is -2.21. The van der Waals surface area contributed by atoms with Gasteiger partial charge in [0.1, 0.15) is 11.5 Å². The molecule has 102 valence electrons. The summed E-state index contributed by atoms with van der Waals surface area (Å²) in [5, 5.41) is 0. The van der Waals surface area contributed by atoms with E-state index in [0.29, 0.717) is 29.1 Å². The fourth-order valence-corrected chi connectivity index (χ4v) is 2.91. The van der Waals surface area contributed by atoms with E-state index in [0.717, 1.165) is 12.0 Å². The lowest BCUT2D eigenvalue weighted by molar-refractivity contribution is 0.0790. The van der Waals surface area contributed by atoms with Crippen molar-refractivity contribution in [3.63, 3.8) is 0 Å². The second-order valence-electron chi connectivity index (χ2n) is 5.30. The van der Waals surface area contributed by atoms with E-state index in [2.05, 4.69) is 0 Å². The highest BCUT2D eigenvalue weighted by atomic mass is 16.3. The number of ketones is 2. The fourth-order valence-electron chi connectivity index (χ4n) is 2.91. The van der Waals surface area contributed by atoms with Gasteiger partial charge in [0.2, 0.25) is 0 Å². The molecule has 0 saturated carbocycles. The standard InChI is InChI=1S/C17H16O3/c1-10-9-15(11(2)20-10)17(19)14-8-7-12-5-3-4-6-13(12)16(14)18/h3-6,9,14H,7-8H2,1-2H3. The Hall–Kier alpha value is -2.16. The highest BCUT2D eigenvalue weighted by molar-refractivity contribution is 6.17. The predicted octanol–water partition coefficient (Wildman–Crippen LogP) is 3.52. The van der Waals surface area contributed by atoms with E-state index in [1.807, 2.05) is 31.2 Å². The van der Waals surface area contributed by atoms with Gasteiger partial charge in [0, 0.05) is 5.56 Å². The quantitative estimate of drug-likeness (QED) is 0.618. The maximum Gasteiger partial charge on any atom is 0.177 e. The number of hydrogen-bond donors (Lipinski definition) is 0. The van der Waals surface area contributed by atoms with Crippen LogP contribution >= 0.6 is 0 Å². The summed E-state index contributed by atoms with van der Waals surface area (Å²) in [5.74, 6) is 0.559. The van der Waals surface area contributed by atoms with Crippen LogP contribution in [0, 0.1) is 19.8 Å². The molecule has 3 heteroatoms. The smallest absolute Gasteiger partial charge is 0.177 e. The number of fused-ring (bicyclic) bond motifs is 1. The Labute approximate surface area is 117 Å². The lowest BCUT2D eigenvalue weighted by Crippen LogP contribution is -2.29. The average Bonchev–Trinajstić information content (AvgIpc) is 2.78. The number of aryl methyl sites for hydroxylation is 3. The van der Waals surface area contributed by atoms with Crippen molar-refractivity contribution < 1.29 is 14.0 Å². The number of hydrogen-bond acceptors (Lipinski definition) is 3. The highest BCUT2D eigenvalue weighted by Crippen LogP contribution is 2.29. The number of carbonyl (C=O) groups excluding carboxylic acids is 2. The zero-order chi connectivity index (χ0) is 14.3. The van der Waals surface area contributed by atoms with Gasteiger partial charge in [-0.25, -0.2) is 0 Å². The van der Waals surface area contributed by atoms with Crippen LogP contribution in [-0.2, 0) is 6.42 Å². The van der Waals surface area contributed by atoms with Gasteiger partial charge in [0.15, 0.2) is 11.6 Å². The van der Waals surface area contributed by atoms with Crippen molar-refractivity contribution in [3.05, 3.63) is 58.5 Å². The van der Waals surface area contributed by atoms with Crippen LogP contribution in [0.15, 0.2) is 34.7 Å². The molecule has 1 atom stereocenters. The van der Waals surface area contributed by atoms with Gasteiger partial charge in [-0.05, 0) is 38.3 Å². The largest absolute Gasteiger partial charge is 0.466 e. The molecule has 0 amide bonds. The highest BCUT2D eigenvalue weighted by Gasteiger charge is 2.34. The molecule has 20 heavy (non-hydrogen) atoms. The van der Waals surface area contributed by atoms with Crippen LogP contribution in [-0.4, -0.2) is 11.6 Å². The molecule has 0 fully saturated rings. The van der Waals surface area contributed by atoms with Crippen LogP contribution in [0.2, 0.25) is 0 Å². The summed E-state index contributed by atoms with van der Waals surface area (Å²) in [5.41, 5.74) is 2.27. The van der Waals surface area contributed by atoms with Gasteiger partial charge in [-0.3, -0.25) is 9.59 Å². The minimum atomic E-state index is -0.569. The van der Waals surface area contributed by atoms with E-state index in [-0.39, 0.29) is 11.6 Å². The first kappa shape index (κ1) is 12.9. The summed E-state index contributed by atoms with van der Waals surface area (Å²) < 4.78 is 5.40. The van der Waals surface area contributed by atoms with Gasteiger partial charge in [-0.2, -0.15) is 0 Å². The zero-order valence-corrected chi connectivity index (χ0v) is 11.6. The third-order valence-electron chi connectivity index (χ3n) is 3.92. The van der Waals surface area contributed by atoms with Gasteiger partial charge in [-0.15, -0.1) is 0 Å². The fraction of sp³-hybridized carbons (Fsp3) is 0.294. The molecule has 1 aliphatic carbocycles. The molecule has 1 unspecified atom stereocenters. The molecule has 2 aromatic rings. The zero-order valence-electron chi connectivity index (χ0n) is 11.6. The first-order valence-electron chi connectivity index (χ1n) is 6.81. The van der Waals surface area contributed by atoms with Gasteiger partial charge >= 0.3 is 0 Å². The van der Waals surface area contributed by atoms with Crippen molar-refractivity contribution in [2.75, 3.05) is 0 Å². The molecular weight excluding hydrogens is 252 g/mol. The second kappa shape index (κ2) is 4.75. The van der Waals surface area contributed by atoms with E-state index < -0.39 is 5.92 Å². The minimum Gasteiger partial charge on any atom is -0.466 e. The lowest BCUT2D eigenvalue weighted by atomic mass is 9.79. The third kappa shape index (κ3) is 1.99. The van der Waals surface area contributed by atoms with E-state index in [4.69, 9.17) is 4.42 Å². The monoisotopic (exact) mass is 268 g/mol. The van der Waals surface area contributed by atoms with Crippen LogP contribution in [0.5, 0.6) is 0 Å². The molecule has 3 nitrogen and oxygen atoms in total. The van der Waals surface area contributed by atoms with Crippen molar-refractivity contribution in [1.82, 2.24) is 0 Å². The average molecular weight is 268 g/mol. The number of furan rings is 1. The van der Waals surface area contributed by atoms with Crippen molar-refractivity contribution in [1.29, 1.82) is 0 Å². The Bertz CT molecular complexity index is 694. The number of rotatable bonds is 2. The molecular formula is C17H16O3. The predicted molar refractivity (Wildman–Crippen MR) is 75.1 cm³/mol. The Kier molecular flexibility index (Phi) is 3.05. The Balaban J connectivity index is 1.95. The summed E-state index contributed by atoms with van der Waals surface area (Å²) in [4.78, 5) is 25.1. The van der Waals surface area contributed by atoms with Crippen molar-refractivity contribution >= 4 is 11.6 Å². The molecule has 0 aliphatic heterocycles. The van der Waals surface area contributed by atoms with Crippen molar-refractivity contribution in [2.45, 2.75) is 26.7 Å². The maximum absolute atomic E-state index is 12.6. The van der Waals surface area contributed by atoms with Crippen LogP contribution in [0.1, 0.15) is 44.2 Å². The Morgan fingerprint density at radius 2 is 2.00 bits per heavy atom. The summed E-state index contributed by atoms with van der Waals surface area (Å²) in [6.45, 7) is 3.57. The molecule has 1 aromatic carbocycles. The van der Waals surface area contributed by atoms with Gasteiger partial charge in [0.05, 0.1) is 11.5 Å². The first-order valence-corrected chi connectivity index (χ1v) is 6.81. The molecule has 1 aliphatic rings. The number of benzene rings is 1.